The molecule has 1 fully saturated rings. The molecular formula is C24H34N4O3. The Bertz CT molecular complexity index is 1130. The fourth-order valence-electron chi connectivity index (χ4n) is 3.84. The largest absolute Gasteiger partial charge is 0.507 e. The summed E-state index contributed by atoms with van der Waals surface area (Å²) in [6.45, 7) is 6.45. The van der Waals surface area contributed by atoms with Crippen molar-refractivity contribution in [2.75, 3.05) is 18.0 Å². The minimum absolute atomic E-state index is 0. The molecule has 2 heterocycles. The van der Waals surface area contributed by atoms with Crippen LogP contribution in [0.2, 0.25) is 0 Å². The number of piperidine rings is 1. The molecule has 0 saturated carbocycles. The molecule has 0 atom stereocenters. The number of para-hydroxylation sites is 1. The number of hydrogen-bond acceptors (Lipinski definition) is 6. The van der Waals surface area contributed by atoms with E-state index in [2.05, 4.69) is 10.2 Å². The van der Waals surface area contributed by atoms with Gasteiger partial charge >= 0.3 is 0 Å². The third-order valence-corrected chi connectivity index (χ3v) is 5.66. The summed E-state index contributed by atoms with van der Waals surface area (Å²) < 4.78 is 0. The van der Waals surface area contributed by atoms with Crippen molar-refractivity contribution in [3.8, 4) is 17.1 Å². The van der Waals surface area contributed by atoms with Crippen LogP contribution in [0.25, 0.3) is 22.3 Å². The van der Waals surface area contributed by atoms with E-state index in [1.54, 1.807) is 12.1 Å². The monoisotopic (exact) mass is 426 g/mol. The first kappa shape index (κ1) is 21.1. The highest BCUT2D eigenvalue weighted by atomic mass is 16.3. The van der Waals surface area contributed by atoms with Gasteiger partial charge in [-0.05, 0) is 63.4 Å². The number of nitrogens with zero attached hydrogens (tertiary/aromatic N) is 3. The SMILES string of the molecule is Cc1ccc2c(N3CCC(NC(=O)C(C)(C)O)CC3)nc(-c3ccccc3O)nc2c1.[HH].[HH].[HH]. The van der Waals surface area contributed by atoms with Crippen LogP contribution in [0.4, 0.5) is 5.82 Å². The molecule has 1 amide bonds. The van der Waals surface area contributed by atoms with Gasteiger partial charge in [-0.2, -0.15) is 0 Å². The summed E-state index contributed by atoms with van der Waals surface area (Å²) in [5, 5.41) is 24.1. The Morgan fingerprint density at radius 2 is 1.87 bits per heavy atom. The number of anilines is 1. The van der Waals surface area contributed by atoms with Gasteiger partial charge in [0, 0.05) is 28.8 Å². The molecule has 1 saturated heterocycles. The quantitative estimate of drug-likeness (QED) is 0.585. The molecule has 0 unspecified atom stereocenters. The average Bonchev–Trinajstić information content (AvgIpc) is 2.73. The normalized spacial score (nSPS) is 15.3. The Hall–Kier alpha value is -3.19. The molecule has 168 valence electrons. The number of benzene rings is 2. The maximum atomic E-state index is 12.1. The Morgan fingerprint density at radius 3 is 2.55 bits per heavy atom. The number of nitrogens with one attached hydrogen (secondary N) is 1. The Kier molecular flexibility index (Phi) is 5.54. The van der Waals surface area contributed by atoms with E-state index in [4.69, 9.17) is 9.97 Å². The fraction of sp³-hybridized carbons (Fsp3) is 0.375. The number of fused-ring (bicyclic) bond motifs is 1. The molecule has 7 heteroatoms. The van der Waals surface area contributed by atoms with Gasteiger partial charge in [0.15, 0.2) is 5.82 Å². The van der Waals surface area contributed by atoms with Gasteiger partial charge in [-0.3, -0.25) is 4.79 Å². The maximum Gasteiger partial charge on any atom is 0.251 e. The van der Waals surface area contributed by atoms with E-state index >= 15 is 0 Å². The molecule has 2 aromatic carbocycles. The minimum Gasteiger partial charge on any atom is -0.507 e. The molecule has 0 radical (unpaired) electrons. The number of hydrogen-bond donors (Lipinski definition) is 3. The van der Waals surface area contributed by atoms with Crippen LogP contribution in [-0.4, -0.2) is 50.8 Å². The van der Waals surface area contributed by atoms with Crippen molar-refractivity contribution in [1.29, 1.82) is 0 Å². The highest BCUT2D eigenvalue weighted by molar-refractivity contribution is 5.92. The first-order chi connectivity index (χ1) is 14.7. The van der Waals surface area contributed by atoms with Crippen molar-refractivity contribution in [3.05, 3.63) is 48.0 Å². The van der Waals surface area contributed by atoms with Crippen LogP contribution in [-0.2, 0) is 4.79 Å². The van der Waals surface area contributed by atoms with E-state index < -0.39 is 5.60 Å². The lowest BCUT2D eigenvalue weighted by atomic mass is 10.0. The predicted octanol–water partition coefficient (Wildman–Crippen LogP) is 3.90. The topological polar surface area (TPSA) is 98.6 Å². The third-order valence-electron chi connectivity index (χ3n) is 5.66. The van der Waals surface area contributed by atoms with Gasteiger partial charge in [-0.1, -0.05) is 18.2 Å². The van der Waals surface area contributed by atoms with Crippen molar-refractivity contribution in [1.82, 2.24) is 15.3 Å². The zero-order valence-electron chi connectivity index (χ0n) is 18.1. The summed E-state index contributed by atoms with van der Waals surface area (Å²) in [4.78, 5) is 23.9. The first-order valence-corrected chi connectivity index (χ1v) is 10.6. The van der Waals surface area contributed by atoms with Crippen molar-refractivity contribution in [3.63, 3.8) is 0 Å². The van der Waals surface area contributed by atoms with E-state index in [0.29, 0.717) is 11.4 Å². The number of aromatic hydroxyl groups is 1. The van der Waals surface area contributed by atoms with Gasteiger partial charge in [0.25, 0.3) is 5.91 Å². The predicted molar refractivity (Wildman–Crippen MR) is 127 cm³/mol. The van der Waals surface area contributed by atoms with Crippen molar-refractivity contribution < 1.29 is 19.3 Å². The van der Waals surface area contributed by atoms with Crippen LogP contribution in [0.1, 0.15) is 36.5 Å². The molecule has 7 nitrogen and oxygen atoms in total. The summed E-state index contributed by atoms with van der Waals surface area (Å²) in [6, 6.07) is 13.2. The lowest BCUT2D eigenvalue weighted by Crippen LogP contribution is -2.50. The molecule has 1 aliphatic heterocycles. The molecule has 0 aliphatic carbocycles. The van der Waals surface area contributed by atoms with Crippen molar-refractivity contribution in [2.24, 2.45) is 0 Å². The molecule has 0 spiro atoms. The summed E-state index contributed by atoms with van der Waals surface area (Å²) >= 11 is 0. The number of aliphatic hydroxyl groups is 1. The lowest BCUT2D eigenvalue weighted by molar-refractivity contribution is -0.137. The lowest BCUT2D eigenvalue weighted by Gasteiger charge is -2.34. The van der Waals surface area contributed by atoms with Gasteiger partial charge in [-0.25, -0.2) is 9.97 Å². The Labute approximate surface area is 186 Å². The maximum absolute atomic E-state index is 12.1. The molecule has 3 N–H and O–H groups in total. The molecule has 1 aromatic heterocycles. The highest BCUT2D eigenvalue weighted by Gasteiger charge is 2.29. The number of aromatic nitrogens is 2. The van der Waals surface area contributed by atoms with Gasteiger partial charge in [0.1, 0.15) is 17.2 Å². The summed E-state index contributed by atoms with van der Waals surface area (Å²) in [6.07, 6.45) is 1.51. The second kappa shape index (κ2) is 8.15. The fourth-order valence-corrected chi connectivity index (χ4v) is 3.84. The van der Waals surface area contributed by atoms with Crippen LogP contribution in [0.3, 0.4) is 0 Å². The van der Waals surface area contributed by atoms with Gasteiger partial charge in [0.2, 0.25) is 0 Å². The summed E-state index contributed by atoms with van der Waals surface area (Å²) in [5.74, 6) is 1.11. The second-order valence-corrected chi connectivity index (χ2v) is 8.70. The third kappa shape index (κ3) is 4.46. The molecule has 31 heavy (non-hydrogen) atoms. The van der Waals surface area contributed by atoms with Crippen molar-refractivity contribution >= 4 is 22.6 Å². The zero-order valence-corrected chi connectivity index (χ0v) is 18.1. The molecule has 0 bridgehead atoms. The Morgan fingerprint density at radius 1 is 1.16 bits per heavy atom. The number of carbonyl (C=O) groups excluding carboxylic acids is 1. The summed E-state index contributed by atoms with van der Waals surface area (Å²) in [5.41, 5.74) is 1.15. The van der Waals surface area contributed by atoms with Gasteiger partial charge < -0.3 is 20.4 Å². The number of phenols is 1. The first-order valence-electron chi connectivity index (χ1n) is 10.6. The molecular weight excluding hydrogens is 392 g/mol. The summed E-state index contributed by atoms with van der Waals surface area (Å²) in [7, 11) is 0. The number of aryl methyl sites for hydroxylation is 1. The molecule has 4 rings (SSSR count). The van der Waals surface area contributed by atoms with E-state index in [1.165, 1.54) is 13.8 Å². The number of rotatable bonds is 4. The van der Waals surface area contributed by atoms with E-state index in [1.807, 2.05) is 37.3 Å². The minimum atomic E-state index is -1.38. The highest BCUT2D eigenvalue weighted by Crippen LogP contribution is 2.33. The molecule has 3 aromatic rings. The van der Waals surface area contributed by atoms with E-state index in [-0.39, 0.29) is 22.0 Å². The smallest absolute Gasteiger partial charge is 0.251 e. The van der Waals surface area contributed by atoms with Crippen LogP contribution in [0, 0.1) is 6.92 Å². The van der Waals surface area contributed by atoms with E-state index in [9.17, 15) is 15.0 Å². The zero-order chi connectivity index (χ0) is 22.2. The standard InChI is InChI=1S/C24H28N4O3.3H2/c1-15-8-9-17-19(14-15)26-21(18-6-4-5-7-20(18)29)27-22(17)28-12-10-16(11-13-28)25-23(30)24(2,3)31;;;/h4-9,14,16,29,31H,10-13H2,1-3H3,(H,25,30);3*1H. The molecule has 1 aliphatic rings. The van der Waals surface area contributed by atoms with Crippen LogP contribution < -0.4 is 10.2 Å². The average molecular weight is 427 g/mol. The van der Waals surface area contributed by atoms with Crippen LogP contribution in [0.5, 0.6) is 5.75 Å². The van der Waals surface area contributed by atoms with Gasteiger partial charge in [0.05, 0.1) is 11.1 Å². The number of amides is 1. The second-order valence-electron chi connectivity index (χ2n) is 8.70. The van der Waals surface area contributed by atoms with E-state index in [0.717, 1.165) is 48.2 Å². The Balaban J connectivity index is 0.00000193. The van der Waals surface area contributed by atoms with Crippen LogP contribution >= 0.6 is 0 Å². The number of phenolic OH excluding ortho intramolecular Hbond substituents is 1. The van der Waals surface area contributed by atoms with Crippen molar-refractivity contribution in [2.45, 2.75) is 45.3 Å². The van der Waals surface area contributed by atoms with Crippen LogP contribution in [0.15, 0.2) is 42.5 Å². The van der Waals surface area contributed by atoms with Gasteiger partial charge in [-0.15, -0.1) is 0 Å². The number of carbonyl (C=O) groups is 1.